The molecular formula is C27H31BrN2O4. The number of methoxy groups -OCH3 is 1. The van der Waals surface area contributed by atoms with Gasteiger partial charge < -0.3 is 19.7 Å². The van der Waals surface area contributed by atoms with Crippen molar-refractivity contribution in [2.24, 2.45) is 0 Å². The molecule has 0 saturated carbocycles. The summed E-state index contributed by atoms with van der Waals surface area (Å²) in [6.45, 7) is 4.56. The van der Waals surface area contributed by atoms with E-state index in [-0.39, 0.29) is 25.0 Å². The van der Waals surface area contributed by atoms with Gasteiger partial charge in [0.15, 0.2) is 6.61 Å². The molecule has 3 aromatic rings. The normalized spacial score (nSPS) is 11.6. The van der Waals surface area contributed by atoms with E-state index >= 15 is 0 Å². The summed E-state index contributed by atoms with van der Waals surface area (Å²) in [4.78, 5) is 27.9. The third-order valence-corrected chi connectivity index (χ3v) is 6.42. The van der Waals surface area contributed by atoms with Crippen LogP contribution in [-0.4, -0.2) is 43.0 Å². The molecule has 0 heterocycles. The number of ether oxygens (including phenoxy) is 2. The first-order valence-corrected chi connectivity index (χ1v) is 12.3. The van der Waals surface area contributed by atoms with Crippen molar-refractivity contribution in [1.82, 2.24) is 10.2 Å². The van der Waals surface area contributed by atoms with Crippen LogP contribution < -0.4 is 14.8 Å². The second-order valence-electron chi connectivity index (χ2n) is 7.98. The maximum atomic E-state index is 13.4. The van der Waals surface area contributed by atoms with Gasteiger partial charge in [-0.25, -0.2) is 0 Å². The molecule has 0 aliphatic rings. The standard InChI is InChI=1S/C27H31BrN2O4/c1-4-15-29-27(32)23(5-2)30(17-19-9-8-11-21(16-19)33-3)25(31)18-34-24-14-13-20-10-6-7-12-22(20)26(24)28/h6-14,16,23H,4-5,15,17-18H2,1-3H3,(H,29,32)/t23-/m1/s1. The molecule has 3 aromatic carbocycles. The molecule has 1 N–H and O–H groups in total. The second kappa shape index (κ2) is 12.4. The van der Waals surface area contributed by atoms with Crippen molar-refractivity contribution in [3.05, 3.63) is 70.7 Å². The number of benzene rings is 3. The number of nitrogens with zero attached hydrogens (tertiary/aromatic N) is 1. The highest BCUT2D eigenvalue weighted by atomic mass is 79.9. The van der Waals surface area contributed by atoms with E-state index in [0.29, 0.717) is 24.5 Å². The molecule has 0 spiro atoms. The summed E-state index contributed by atoms with van der Waals surface area (Å²) >= 11 is 3.61. The van der Waals surface area contributed by atoms with Crippen LogP contribution in [0, 0.1) is 0 Å². The molecule has 0 aliphatic carbocycles. The second-order valence-corrected chi connectivity index (χ2v) is 8.77. The minimum atomic E-state index is -0.603. The highest BCUT2D eigenvalue weighted by Crippen LogP contribution is 2.33. The lowest BCUT2D eigenvalue weighted by Gasteiger charge is -2.30. The van der Waals surface area contributed by atoms with Crippen LogP contribution in [0.15, 0.2) is 65.1 Å². The summed E-state index contributed by atoms with van der Waals surface area (Å²) < 4.78 is 12.1. The molecule has 0 bridgehead atoms. The fourth-order valence-electron chi connectivity index (χ4n) is 3.80. The van der Waals surface area contributed by atoms with Gasteiger partial charge in [0.05, 0.1) is 11.6 Å². The Morgan fingerprint density at radius 1 is 1.06 bits per heavy atom. The van der Waals surface area contributed by atoms with Crippen molar-refractivity contribution >= 4 is 38.5 Å². The average molecular weight is 527 g/mol. The van der Waals surface area contributed by atoms with E-state index in [1.165, 1.54) is 0 Å². The number of fused-ring (bicyclic) bond motifs is 1. The van der Waals surface area contributed by atoms with Crippen LogP contribution in [0.5, 0.6) is 11.5 Å². The van der Waals surface area contributed by atoms with Crippen LogP contribution in [-0.2, 0) is 16.1 Å². The van der Waals surface area contributed by atoms with Gasteiger partial charge in [0, 0.05) is 13.1 Å². The predicted octanol–water partition coefficient (Wildman–Crippen LogP) is 5.32. The van der Waals surface area contributed by atoms with Gasteiger partial charge in [-0.2, -0.15) is 0 Å². The molecule has 34 heavy (non-hydrogen) atoms. The first kappa shape index (κ1) is 25.6. The molecule has 1 atom stereocenters. The molecular weight excluding hydrogens is 496 g/mol. The minimum absolute atomic E-state index is 0.160. The van der Waals surface area contributed by atoms with Gasteiger partial charge in [-0.15, -0.1) is 0 Å². The van der Waals surface area contributed by atoms with E-state index < -0.39 is 6.04 Å². The zero-order valence-electron chi connectivity index (χ0n) is 19.8. The van der Waals surface area contributed by atoms with Gasteiger partial charge in [-0.3, -0.25) is 9.59 Å². The van der Waals surface area contributed by atoms with Crippen LogP contribution in [0.1, 0.15) is 32.3 Å². The van der Waals surface area contributed by atoms with E-state index in [1.54, 1.807) is 12.0 Å². The van der Waals surface area contributed by atoms with Gasteiger partial charge in [-0.1, -0.05) is 56.3 Å². The number of hydrogen-bond acceptors (Lipinski definition) is 4. The van der Waals surface area contributed by atoms with E-state index in [4.69, 9.17) is 9.47 Å². The van der Waals surface area contributed by atoms with E-state index in [9.17, 15) is 9.59 Å². The monoisotopic (exact) mass is 526 g/mol. The number of carbonyl (C=O) groups is 2. The zero-order chi connectivity index (χ0) is 24.5. The van der Waals surface area contributed by atoms with Crippen molar-refractivity contribution in [3.63, 3.8) is 0 Å². The molecule has 0 aromatic heterocycles. The summed E-state index contributed by atoms with van der Waals surface area (Å²) in [5.74, 6) is 0.857. The van der Waals surface area contributed by atoms with Crippen molar-refractivity contribution in [2.45, 2.75) is 39.3 Å². The largest absolute Gasteiger partial charge is 0.497 e. The van der Waals surface area contributed by atoms with Gasteiger partial charge >= 0.3 is 0 Å². The Bertz CT molecular complexity index is 1130. The van der Waals surface area contributed by atoms with Gasteiger partial charge in [0.2, 0.25) is 5.91 Å². The van der Waals surface area contributed by atoms with Crippen molar-refractivity contribution in [3.8, 4) is 11.5 Å². The van der Waals surface area contributed by atoms with Gasteiger partial charge in [0.1, 0.15) is 17.5 Å². The van der Waals surface area contributed by atoms with Crippen LogP contribution in [0.4, 0.5) is 0 Å². The Kier molecular flexibility index (Phi) is 9.33. The fraction of sp³-hybridized carbons (Fsp3) is 0.333. The Morgan fingerprint density at radius 2 is 1.85 bits per heavy atom. The topological polar surface area (TPSA) is 67.9 Å². The molecule has 0 fully saturated rings. The zero-order valence-corrected chi connectivity index (χ0v) is 21.4. The molecule has 7 heteroatoms. The fourth-order valence-corrected chi connectivity index (χ4v) is 4.41. The number of halogens is 1. The summed E-state index contributed by atoms with van der Waals surface area (Å²) in [5.41, 5.74) is 0.876. The Balaban J connectivity index is 1.83. The lowest BCUT2D eigenvalue weighted by Crippen LogP contribution is -2.50. The first-order valence-electron chi connectivity index (χ1n) is 11.5. The number of hydrogen-bond donors (Lipinski definition) is 1. The highest BCUT2D eigenvalue weighted by molar-refractivity contribution is 9.10. The van der Waals surface area contributed by atoms with Crippen LogP contribution in [0.25, 0.3) is 10.8 Å². The van der Waals surface area contributed by atoms with Crippen LogP contribution in [0.2, 0.25) is 0 Å². The van der Waals surface area contributed by atoms with Crippen LogP contribution in [0.3, 0.4) is 0 Å². The minimum Gasteiger partial charge on any atom is -0.497 e. The Labute approximate surface area is 209 Å². The summed E-state index contributed by atoms with van der Waals surface area (Å²) in [7, 11) is 1.60. The maximum absolute atomic E-state index is 13.4. The predicted molar refractivity (Wildman–Crippen MR) is 138 cm³/mol. The molecule has 0 radical (unpaired) electrons. The molecule has 0 aliphatic heterocycles. The lowest BCUT2D eigenvalue weighted by atomic mass is 10.1. The SMILES string of the molecule is CCCNC(=O)[C@@H](CC)N(Cc1cccc(OC)c1)C(=O)COc1ccc2ccccc2c1Br. The van der Waals surface area contributed by atoms with Crippen molar-refractivity contribution in [2.75, 3.05) is 20.3 Å². The molecule has 6 nitrogen and oxygen atoms in total. The molecule has 0 unspecified atom stereocenters. The molecule has 180 valence electrons. The lowest BCUT2D eigenvalue weighted by molar-refractivity contribution is -0.143. The summed E-state index contributed by atoms with van der Waals surface area (Å²) in [6.07, 6.45) is 1.32. The van der Waals surface area contributed by atoms with Crippen molar-refractivity contribution < 1.29 is 19.1 Å². The smallest absolute Gasteiger partial charge is 0.261 e. The third-order valence-electron chi connectivity index (χ3n) is 5.60. The number of amides is 2. The molecule has 0 saturated heterocycles. The number of rotatable bonds is 11. The Morgan fingerprint density at radius 3 is 2.59 bits per heavy atom. The van der Waals surface area contributed by atoms with E-state index in [0.717, 1.165) is 27.2 Å². The summed E-state index contributed by atoms with van der Waals surface area (Å²) in [5, 5.41) is 5.01. The Hall–Kier alpha value is -3.06. The summed E-state index contributed by atoms with van der Waals surface area (Å²) in [6, 6.07) is 18.7. The van der Waals surface area contributed by atoms with Gasteiger partial charge in [0.25, 0.3) is 5.91 Å². The van der Waals surface area contributed by atoms with Crippen molar-refractivity contribution in [1.29, 1.82) is 0 Å². The average Bonchev–Trinajstić information content (AvgIpc) is 2.87. The van der Waals surface area contributed by atoms with Crippen LogP contribution >= 0.6 is 15.9 Å². The highest BCUT2D eigenvalue weighted by Gasteiger charge is 2.29. The quantitative estimate of drug-likeness (QED) is 0.367. The number of carbonyl (C=O) groups excluding carboxylic acids is 2. The number of nitrogens with one attached hydrogen (secondary N) is 1. The van der Waals surface area contributed by atoms with E-state index in [1.807, 2.05) is 74.5 Å². The third kappa shape index (κ3) is 6.29. The van der Waals surface area contributed by atoms with Gasteiger partial charge in [-0.05, 0) is 63.3 Å². The van der Waals surface area contributed by atoms with E-state index in [2.05, 4.69) is 21.2 Å². The molecule has 3 rings (SSSR count). The first-order chi connectivity index (χ1) is 16.5. The molecule has 2 amide bonds. The maximum Gasteiger partial charge on any atom is 0.261 e.